The molecule has 1 amide bonds. The molecule has 0 bridgehead atoms. The van der Waals surface area contributed by atoms with Gasteiger partial charge in [0.05, 0.1) is 10.7 Å². The molecule has 0 saturated heterocycles. The van der Waals surface area contributed by atoms with E-state index in [1.54, 1.807) is 35.1 Å². The molecule has 0 aliphatic carbocycles. The van der Waals surface area contributed by atoms with Crippen molar-refractivity contribution in [3.05, 3.63) is 77.3 Å². The molecule has 0 atom stereocenters. The number of nitrogens with zero attached hydrogens (tertiary/aromatic N) is 2. The van der Waals surface area contributed by atoms with Gasteiger partial charge in [-0.15, -0.1) is 0 Å². The van der Waals surface area contributed by atoms with Gasteiger partial charge in [-0.25, -0.2) is 9.07 Å². The maximum Gasteiger partial charge on any atom is 0.255 e. The quantitative estimate of drug-likeness (QED) is 0.796. The smallest absolute Gasteiger partial charge is 0.255 e. The minimum absolute atomic E-state index is 0.0353. The first kappa shape index (κ1) is 14.3. The van der Waals surface area contributed by atoms with Crippen molar-refractivity contribution in [3.8, 4) is 5.69 Å². The average molecular weight is 316 g/mol. The first-order valence-corrected chi connectivity index (χ1v) is 6.88. The molecule has 3 aromatic rings. The molecule has 1 aromatic heterocycles. The lowest BCUT2D eigenvalue weighted by Crippen LogP contribution is -2.12. The lowest BCUT2D eigenvalue weighted by Gasteiger charge is -2.07. The first-order chi connectivity index (χ1) is 10.6. The number of rotatable bonds is 3. The predicted octanol–water partition coefficient (Wildman–Crippen LogP) is 3.92. The second-order valence-electron chi connectivity index (χ2n) is 4.58. The summed E-state index contributed by atoms with van der Waals surface area (Å²) < 4.78 is 14.8. The van der Waals surface area contributed by atoms with Crippen LogP contribution in [0.1, 0.15) is 10.4 Å². The Bertz CT molecular complexity index is 801. The lowest BCUT2D eigenvalue weighted by atomic mass is 10.2. The van der Waals surface area contributed by atoms with Crippen LogP contribution in [-0.4, -0.2) is 15.7 Å². The van der Waals surface area contributed by atoms with E-state index in [0.717, 1.165) is 5.69 Å². The number of amides is 1. The van der Waals surface area contributed by atoms with E-state index in [1.165, 1.54) is 18.2 Å². The Morgan fingerprint density at radius 2 is 1.95 bits per heavy atom. The van der Waals surface area contributed by atoms with Crippen molar-refractivity contribution in [1.82, 2.24) is 9.78 Å². The Labute approximate surface area is 131 Å². The summed E-state index contributed by atoms with van der Waals surface area (Å²) in [4.78, 5) is 12.1. The molecule has 4 nitrogen and oxygen atoms in total. The van der Waals surface area contributed by atoms with E-state index in [1.807, 2.05) is 12.3 Å². The van der Waals surface area contributed by atoms with Crippen molar-refractivity contribution < 1.29 is 9.18 Å². The van der Waals surface area contributed by atoms with Crippen molar-refractivity contribution in [2.24, 2.45) is 0 Å². The molecule has 22 heavy (non-hydrogen) atoms. The number of aromatic nitrogens is 2. The molecule has 0 spiro atoms. The number of nitrogens with one attached hydrogen (secondary N) is 1. The van der Waals surface area contributed by atoms with Crippen LogP contribution in [0.15, 0.2) is 60.9 Å². The lowest BCUT2D eigenvalue weighted by molar-refractivity contribution is 0.102. The predicted molar refractivity (Wildman–Crippen MR) is 82.9 cm³/mol. The summed E-state index contributed by atoms with van der Waals surface area (Å²) in [5.74, 6) is -0.821. The van der Waals surface area contributed by atoms with Gasteiger partial charge in [0.15, 0.2) is 0 Å². The number of hydrogen-bond acceptors (Lipinski definition) is 2. The number of carbonyl (C=O) groups is 1. The van der Waals surface area contributed by atoms with Gasteiger partial charge in [0.25, 0.3) is 5.91 Å². The monoisotopic (exact) mass is 315 g/mol. The fourth-order valence-corrected chi connectivity index (χ4v) is 2.14. The molecule has 2 aromatic carbocycles. The summed E-state index contributed by atoms with van der Waals surface area (Å²) in [7, 11) is 0. The SMILES string of the molecule is O=C(Nc1ccc(F)c(Cl)c1)c1ccc(-n2cccn2)cc1. The van der Waals surface area contributed by atoms with Crippen LogP contribution in [-0.2, 0) is 0 Å². The Morgan fingerprint density at radius 3 is 2.59 bits per heavy atom. The van der Waals surface area contributed by atoms with Gasteiger partial charge in [-0.05, 0) is 48.5 Å². The van der Waals surface area contributed by atoms with Crippen molar-refractivity contribution in [2.45, 2.75) is 0 Å². The first-order valence-electron chi connectivity index (χ1n) is 6.50. The summed E-state index contributed by atoms with van der Waals surface area (Å²) in [6, 6.07) is 12.8. The third-order valence-corrected chi connectivity index (χ3v) is 3.37. The summed E-state index contributed by atoms with van der Waals surface area (Å²) in [5.41, 5.74) is 1.77. The molecule has 0 unspecified atom stereocenters. The highest BCUT2D eigenvalue weighted by Crippen LogP contribution is 2.20. The van der Waals surface area contributed by atoms with E-state index in [9.17, 15) is 9.18 Å². The van der Waals surface area contributed by atoms with Crippen LogP contribution >= 0.6 is 11.6 Å². The molecule has 6 heteroatoms. The topological polar surface area (TPSA) is 46.9 Å². The zero-order valence-corrected chi connectivity index (χ0v) is 12.1. The fraction of sp³-hybridized carbons (Fsp3) is 0. The standard InChI is InChI=1S/C16H11ClFN3O/c17-14-10-12(4-7-15(14)18)20-16(22)11-2-5-13(6-3-11)21-9-1-8-19-21/h1-10H,(H,20,22). The van der Waals surface area contributed by atoms with Gasteiger partial charge >= 0.3 is 0 Å². The minimum atomic E-state index is -0.525. The van der Waals surface area contributed by atoms with E-state index in [2.05, 4.69) is 10.4 Å². The second kappa shape index (κ2) is 5.99. The van der Waals surface area contributed by atoms with E-state index in [4.69, 9.17) is 11.6 Å². The number of benzene rings is 2. The van der Waals surface area contributed by atoms with E-state index in [0.29, 0.717) is 11.3 Å². The van der Waals surface area contributed by atoms with Crippen LogP contribution < -0.4 is 5.32 Å². The van der Waals surface area contributed by atoms with Crippen molar-refractivity contribution in [3.63, 3.8) is 0 Å². The number of carbonyl (C=O) groups excluding carboxylic acids is 1. The number of anilines is 1. The molecule has 3 rings (SSSR count). The average Bonchev–Trinajstić information content (AvgIpc) is 3.05. The van der Waals surface area contributed by atoms with Gasteiger partial charge in [0.1, 0.15) is 5.82 Å². The summed E-state index contributed by atoms with van der Waals surface area (Å²) in [5, 5.41) is 6.75. The van der Waals surface area contributed by atoms with Crippen LogP contribution in [0.3, 0.4) is 0 Å². The zero-order valence-electron chi connectivity index (χ0n) is 11.3. The van der Waals surface area contributed by atoms with Gasteiger partial charge in [-0.1, -0.05) is 11.6 Å². The largest absolute Gasteiger partial charge is 0.322 e. The Balaban J connectivity index is 1.76. The highest BCUT2D eigenvalue weighted by Gasteiger charge is 2.08. The van der Waals surface area contributed by atoms with Crippen LogP contribution in [0.4, 0.5) is 10.1 Å². The molecule has 0 fully saturated rings. The summed E-state index contributed by atoms with van der Waals surface area (Å²) in [6.45, 7) is 0. The van der Waals surface area contributed by atoms with Crippen LogP contribution in [0.2, 0.25) is 5.02 Å². The Hall–Kier alpha value is -2.66. The number of halogens is 2. The summed E-state index contributed by atoms with van der Waals surface area (Å²) >= 11 is 5.69. The molecule has 0 saturated carbocycles. The van der Waals surface area contributed by atoms with Gasteiger partial charge in [0.2, 0.25) is 0 Å². The normalized spacial score (nSPS) is 10.5. The maximum atomic E-state index is 13.1. The van der Waals surface area contributed by atoms with Gasteiger partial charge in [-0.3, -0.25) is 4.79 Å². The van der Waals surface area contributed by atoms with Crippen LogP contribution in [0.5, 0.6) is 0 Å². The van der Waals surface area contributed by atoms with E-state index < -0.39 is 5.82 Å². The zero-order chi connectivity index (χ0) is 15.5. The molecule has 0 aliphatic heterocycles. The van der Waals surface area contributed by atoms with Crippen LogP contribution in [0.25, 0.3) is 5.69 Å². The Kier molecular flexibility index (Phi) is 3.89. The fourth-order valence-electron chi connectivity index (χ4n) is 1.96. The second-order valence-corrected chi connectivity index (χ2v) is 4.99. The van der Waals surface area contributed by atoms with E-state index >= 15 is 0 Å². The van der Waals surface area contributed by atoms with Crippen molar-refractivity contribution in [1.29, 1.82) is 0 Å². The molecule has 1 heterocycles. The Morgan fingerprint density at radius 1 is 1.18 bits per heavy atom. The number of hydrogen-bond donors (Lipinski definition) is 1. The highest BCUT2D eigenvalue weighted by molar-refractivity contribution is 6.31. The summed E-state index contributed by atoms with van der Waals surface area (Å²) in [6.07, 6.45) is 3.49. The molecule has 0 radical (unpaired) electrons. The molecule has 0 aliphatic rings. The van der Waals surface area contributed by atoms with Gasteiger partial charge in [0, 0.05) is 23.6 Å². The highest BCUT2D eigenvalue weighted by atomic mass is 35.5. The minimum Gasteiger partial charge on any atom is -0.322 e. The third kappa shape index (κ3) is 2.99. The van der Waals surface area contributed by atoms with E-state index in [-0.39, 0.29) is 10.9 Å². The van der Waals surface area contributed by atoms with Gasteiger partial charge in [-0.2, -0.15) is 5.10 Å². The van der Waals surface area contributed by atoms with Crippen molar-refractivity contribution in [2.75, 3.05) is 5.32 Å². The molecule has 110 valence electrons. The molecular formula is C16H11ClFN3O. The maximum absolute atomic E-state index is 13.1. The van der Waals surface area contributed by atoms with Gasteiger partial charge < -0.3 is 5.32 Å². The molecule has 1 N–H and O–H groups in total. The van der Waals surface area contributed by atoms with Crippen molar-refractivity contribution >= 4 is 23.2 Å². The van der Waals surface area contributed by atoms with Crippen LogP contribution in [0, 0.1) is 5.82 Å². The molecular weight excluding hydrogens is 305 g/mol. The third-order valence-electron chi connectivity index (χ3n) is 3.08.